The molecule has 0 aliphatic carbocycles. The van der Waals surface area contributed by atoms with Gasteiger partial charge in [-0.3, -0.25) is 14.5 Å². The first-order valence-corrected chi connectivity index (χ1v) is 9.49. The fourth-order valence-corrected chi connectivity index (χ4v) is 3.21. The van der Waals surface area contributed by atoms with E-state index in [2.05, 4.69) is 29.4 Å². The Morgan fingerprint density at radius 3 is 2.62 bits per heavy atom. The Morgan fingerprint density at radius 1 is 1.23 bits per heavy atom. The summed E-state index contributed by atoms with van der Waals surface area (Å²) in [5.74, 6) is 0.779. The number of methoxy groups -OCH3 is 1. The molecule has 2 N–H and O–H groups in total. The van der Waals surface area contributed by atoms with Crippen LogP contribution >= 0.6 is 0 Å². The fourth-order valence-electron chi connectivity index (χ4n) is 3.21. The van der Waals surface area contributed by atoms with Crippen LogP contribution in [-0.4, -0.2) is 49.5 Å². The molecule has 144 valence electrons. The van der Waals surface area contributed by atoms with Gasteiger partial charge in [0.05, 0.1) is 19.6 Å². The molecular weight excluding hydrogens is 330 g/mol. The Morgan fingerprint density at radius 2 is 1.96 bits per heavy atom. The lowest BCUT2D eigenvalue weighted by atomic mass is 9.92. The summed E-state index contributed by atoms with van der Waals surface area (Å²) in [5, 5.41) is 5.92. The van der Waals surface area contributed by atoms with E-state index in [4.69, 9.17) is 4.74 Å². The number of nitrogens with zero attached hydrogens (tertiary/aromatic N) is 1. The van der Waals surface area contributed by atoms with Gasteiger partial charge in [0.1, 0.15) is 5.75 Å². The van der Waals surface area contributed by atoms with Gasteiger partial charge >= 0.3 is 0 Å². The Labute approximate surface area is 156 Å². The maximum absolute atomic E-state index is 12.4. The van der Waals surface area contributed by atoms with Gasteiger partial charge < -0.3 is 15.4 Å². The second kappa shape index (κ2) is 10.2. The van der Waals surface area contributed by atoms with E-state index in [1.165, 1.54) is 0 Å². The molecular formula is C20H31N3O3. The number of carbonyl (C=O) groups is 2. The quantitative estimate of drug-likeness (QED) is 0.699. The normalized spacial score (nSPS) is 20.4. The summed E-state index contributed by atoms with van der Waals surface area (Å²) < 4.78 is 5.12. The van der Waals surface area contributed by atoms with Gasteiger partial charge in [-0.1, -0.05) is 13.3 Å². The Balaban J connectivity index is 1.85. The number of anilines is 1. The van der Waals surface area contributed by atoms with Gasteiger partial charge in [0, 0.05) is 24.8 Å². The maximum Gasteiger partial charge on any atom is 0.238 e. The predicted molar refractivity (Wildman–Crippen MR) is 103 cm³/mol. The maximum atomic E-state index is 12.4. The van der Waals surface area contributed by atoms with Crippen molar-refractivity contribution in [1.82, 2.24) is 10.2 Å². The lowest BCUT2D eigenvalue weighted by Gasteiger charge is -2.36. The van der Waals surface area contributed by atoms with E-state index in [-0.39, 0.29) is 17.7 Å². The number of benzene rings is 1. The number of rotatable bonds is 8. The minimum Gasteiger partial charge on any atom is -0.497 e. The number of nitrogens with one attached hydrogen (secondary N) is 2. The van der Waals surface area contributed by atoms with Crippen LogP contribution < -0.4 is 15.4 Å². The number of unbranched alkanes of at least 4 members (excludes halogenated alkanes) is 1. The molecule has 1 fully saturated rings. The highest BCUT2D eigenvalue weighted by atomic mass is 16.5. The van der Waals surface area contributed by atoms with Crippen molar-refractivity contribution in [3.8, 4) is 5.75 Å². The highest BCUT2D eigenvalue weighted by Crippen LogP contribution is 2.22. The molecule has 1 saturated heterocycles. The van der Waals surface area contributed by atoms with Crippen LogP contribution in [0.15, 0.2) is 24.3 Å². The first-order valence-electron chi connectivity index (χ1n) is 9.49. The van der Waals surface area contributed by atoms with Crippen molar-refractivity contribution in [2.75, 3.05) is 32.1 Å². The van der Waals surface area contributed by atoms with Crippen LogP contribution in [0.3, 0.4) is 0 Å². The minimum atomic E-state index is -0.0611. The first-order chi connectivity index (χ1) is 12.5. The summed E-state index contributed by atoms with van der Waals surface area (Å²) in [4.78, 5) is 26.8. The molecule has 2 unspecified atom stereocenters. The van der Waals surface area contributed by atoms with Crippen molar-refractivity contribution in [2.24, 2.45) is 5.92 Å². The molecule has 1 aliphatic heterocycles. The molecule has 26 heavy (non-hydrogen) atoms. The van der Waals surface area contributed by atoms with Crippen molar-refractivity contribution in [1.29, 1.82) is 0 Å². The van der Waals surface area contributed by atoms with Gasteiger partial charge in [0.25, 0.3) is 0 Å². The predicted octanol–water partition coefficient (Wildman–Crippen LogP) is 2.65. The third-order valence-corrected chi connectivity index (χ3v) is 4.93. The van der Waals surface area contributed by atoms with E-state index in [9.17, 15) is 9.59 Å². The average Bonchev–Trinajstić information content (AvgIpc) is 2.64. The van der Waals surface area contributed by atoms with Gasteiger partial charge in [-0.05, 0) is 50.5 Å². The van der Waals surface area contributed by atoms with Crippen LogP contribution in [0, 0.1) is 5.92 Å². The molecule has 0 aromatic heterocycles. The number of piperidine rings is 1. The Bertz CT molecular complexity index is 588. The molecule has 2 rings (SSSR count). The smallest absolute Gasteiger partial charge is 0.238 e. The number of carbonyl (C=O) groups excluding carboxylic acids is 2. The molecule has 1 aliphatic rings. The second-order valence-corrected chi connectivity index (χ2v) is 6.97. The standard InChI is InChI=1S/C20H31N3O3/c1-4-5-12-21-20(25)16-7-6-15(2)23(13-16)14-19(24)22-17-8-10-18(26-3)11-9-17/h8-11,15-16H,4-7,12-14H2,1-3H3,(H,21,25)(H,22,24). The van der Waals surface area contributed by atoms with Gasteiger partial charge in [0.2, 0.25) is 11.8 Å². The summed E-state index contributed by atoms with van der Waals surface area (Å²) in [6.07, 6.45) is 3.89. The number of hydrogen-bond donors (Lipinski definition) is 2. The zero-order valence-electron chi connectivity index (χ0n) is 16.1. The van der Waals surface area contributed by atoms with E-state index in [0.29, 0.717) is 19.1 Å². The topological polar surface area (TPSA) is 70.7 Å². The zero-order chi connectivity index (χ0) is 18.9. The van der Waals surface area contributed by atoms with Crippen LogP contribution in [-0.2, 0) is 9.59 Å². The monoisotopic (exact) mass is 361 g/mol. The SMILES string of the molecule is CCCCNC(=O)C1CCC(C)N(CC(=O)Nc2ccc(OC)cc2)C1. The molecule has 1 heterocycles. The van der Waals surface area contributed by atoms with E-state index in [1.54, 1.807) is 7.11 Å². The van der Waals surface area contributed by atoms with Crippen molar-refractivity contribution >= 4 is 17.5 Å². The number of likely N-dealkylation sites (tertiary alicyclic amines) is 1. The van der Waals surface area contributed by atoms with Gasteiger partial charge in [-0.25, -0.2) is 0 Å². The van der Waals surface area contributed by atoms with Crippen LogP contribution in [0.1, 0.15) is 39.5 Å². The molecule has 1 aromatic carbocycles. The van der Waals surface area contributed by atoms with Crippen molar-refractivity contribution in [3.63, 3.8) is 0 Å². The number of ether oxygens (including phenoxy) is 1. The molecule has 0 saturated carbocycles. The van der Waals surface area contributed by atoms with Gasteiger partial charge in [-0.2, -0.15) is 0 Å². The summed E-state index contributed by atoms with van der Waals surface area (Å²) in [7, 11) is 1.61. The van der Waals surface area contributed by atoms with Crippen molar-refractivity contribution in [3.05, 3.63) is 24.3 Å². The third-order valence-electron chi connectivity index (χ3n) is 4.93. The van der Waals surface area contributed by atoms with Crippen molar-refractivity contribution < 1.29 is 14.3 Å². The van der Waals surface area contributed by atoms with E-state index < -0.39 is 0 Å². The van der Waals surface area contributed by atoms with E-state index in [1.807, 2.05) is 24.3 Å². The van der Waals surface area contributed by atoms with Crippen molar-refractivity contribution in [2.45, 2.75) is 45.6 Å². The van der Waals surface area contributed by atoms with Crippen LogP contribution in [0.5, 0.6) is 5.75 Å². The molecule has 0 spiro atoms. The van der Waals surface area contributed by atoms with Gasteiger partial charge in [0.15, 0.2) is 0 Å². The van der Waals surface area contributed by atoms with Crippen LogP contribution in [0.25, 0.3) is 0 Å². The van der Waals surface area contributed by atoms with Crippen LogP contribution in [0.4, 0.5) is 5.69 Å². The van der Waals surface area contributed by atoms with Gasteiger partial charge in [-0.15, -0.1) is 0 Å². The molecule has 6 heteroatoms. The molecule has 1 aromatic rings. The first kappa shape index (κ1) is 20.2. The Hall–Kier alpha value is -2.08. The van der Waals surface area contributed by atoms with Crippen LogP contribution in [0.2, 0.25) is 0 Å². The lowest BCUT2D eigenvalue weighted by molar-refractivity contribution is -0.128. The fraction of sp³-hybridized carbons (Fsp3) is 0.600. The highest BCUT2D eigenvalue weighted by Gasteiger charge is 2.30. The molecule has 0 bridgehead atoms. The number of amides is 2. The Kier molecular flexibility index (Phi) is 7.91. The molecule has 0 radical (unpaired) electrons. The van der Waals surface area contributed by atoms with E-state index >= 15 is 0 Å². The summed E-state index contributed by atoms with van der Waals surface area (Å²) in [6, 6.07) is 7.57. The van der Waals surface area contributed by atoms with E-state index in [0.717, 1.165) is 43.7 Å². The third kappa shape index (κ3) is 6.02. The zero-order valence-corrected chi connectivity index (χ0v) is 16.1. The average molecular weight is 361 g/mol. The molecule has 2 amide bonds. The summed E-state index contributed by atoms with van der Waals surface area (Å²) >= 11 is 0. The minimum absolute atomic E-state index is 0.0307. The summed E-state index contributed by atoms with van der Waals surface area (Å²) in [6.45, 7) is 5.89. The lowest BCUT2D eigenvalue weighted by Crippen LogP contribution is -2.49. The second-order valence-electron chi connectivity index (χ2n) is 6.97. The molecule has 6 nitrogen and oxygen atoms in total. The molecule has 2 atom stereocenters. The highest BCUT2D eigenvalue weighted by molar-refractivity contribution is 5.92. The number of hydrogen-bond acceptors (Lipinski definition) is 4. The largest absolute Gasteiger partial charge is 0.497 e. The summed E-state index contributed by atoms with van der Waals surface area (Å²) in [5.41, 5.74) is 0.745.